The quantitative estimate of drug-likeness (QED) is 0.680. The molecular weight excluding hydrogens is 226 g/mol. The summed E-state index contributed by atoms with van der Waals surface area (Å²) >= 11 is 0. The monoisotopic (exact) mass is 241 g/mol. The zero-order valence-electron chi connectivity index (χ0n) is 9.55. The van der Waals surface area contributed by atoms with Gasteiger partial charge in [0.25, 0.3) is 0 Å². The predicted octanol–water partition coefficient (Wildman–Crippen LogP) is 0.0747. The summed E-state index contributed by atoms with van der Waals surface area (Å²) in [6, 6.07) is 0. The van der Waals surface area contributed by atoms with E-state index in [1.807, 2.05) is 6.92 Å². The van der Waals surface area contributed by atoms with Crippen LogP contribution in [0, 0.1) is 0 Å². The molecule has 2 rings (SSSR count). The Morgan fingerprint density at radius 3 is 2.88 bits per heavy atom. The standard InChI is InChI=1S/C11H15NO5/c1-2-4-11(10(15)16)7(3-5-13)17-9-6-8(14)12(9)11/h3,9,13H,2,4-6H2,1H3,(H,15,16)/t9-,11?/m1/s1. The van der Waals surface area contributed by atoms with E-state index in [0.29, 0.717) is 6.42 Å². The van der Waals surface area contributed by atoms with Gasteiger partial charge in [0.2, 0.25) is 11.4 Å². The molecule has 0 aromatic rings. The first kappa shape index (κ1) is 11.9. The van der Waals surface area contributed by atoms with E-state index in [-0.39, 0.29) is 31.1 Å². The molecular formula is C11H15NO5. The van der Waals surface area contributed by atoms with Crippen LogP contribution in [0.25, 0.3) is 0 Å². The number of nitrogens with zero attached hydrogens (tertiary/aromatic N) is 1. The number of fused-ring (bicyclic) bond motifs is 1. The molecule has 6 heteroatoms. The van der Waals surface area contributed by atoms with E-state index in [4.69, 9.17) is 9.84 Å². The van der Waals surface area contributed by atoms with Crippen LogP contribution in [0.2, 0.25) is 0 Å². The van der Waals surface area contributed by atoms with Crippen LogP contribution in [-0.2, 0) is 14.3 Å². The lowest BCUT2D eigenvalue weighted by molar-refractivity contribution is -0.171. The molecule has 0 aromatic heterocycles. The fraction of sp³-hybridized carbons (Fsp3) is 0.636. The van der Waals surface area contributed by atoms with Crippen molar-refractivity contribution in [1.82, 2.24) is 4.90 Å². The van der Waals surface area contributed by atoms with Crippen molar-refractivity contribution in [3.8, 4) is 0 Å². The van der Waals surface area contributed by atoms with Crippen LogP contribution < -0.4 is 0 Å². The highest BCUT2D eigenvalue weighted by molar-refractivity contribution is 5.94. The highest BCUT2D eigenvalue weighted by Gasteiger charge is 2.64. The van der Waals surface area contributed by atoms with Crippen molar-refractivity contribution < 1.29 is 24.5 Å². The van der Waals surface area contributed by atoms with Crippen LogP contribution in [-0.4, -0.2) is 45.4 Å². The van der Waals surface area contributed by atoms with Gasteiger partial charge in [-0.25, -0.2) is 4.79 Å². The van der Waals surface area contributed by atoms with Gasteiger partial charge in [0.05, 0.1) is 13.0 Å². The van der Waals surface area contributed by atoms with E-state index in [0.717, 1.165) is 0 Å². The molecule has 94 valence electrons. The summed E-state index contributed by atoms with van der Waals surface area (Å²) < 4.78 is 5.43. The summed E-state index contributed by atoms with van der Waals surface area (Å²) in [7, 11) is 0. The number of β-lactam (4-membered cyclic amide) rings is 1. The lowest BCUT2D eigenvalue weighted by atomic mass is 9.87. The van der Waals surface area contributed by atoms with Crippen molar-refractivity contribution in [2.45, 2.75) is 38.0 Å². The molecule has 2 fully saturated rings. The summed E-state index contributed by atoms with van der Waals surface area (Å²) in [4.78, 5) is 24.4. The molecule has 2 heterocycles. The van der Waals surface area contributed by atoms with E-state index in [2.05, 4.69) is 0 Å². The third-order valence-corrected chi connectivity index (χ3v) is 3.23. The van der Waals surface area contributed by atoms with Crippen LogP contribution >= 0.6 is 0 Å². The van der Waals surface area contributed by atoms with Gasteiger partial charge in [0.15, 0.2) is 6.23 Å². The van der Waals surface area contributed by atoms with Crippen molar-refractivity contribution in [3.63, 3.8) is 0 Å². The summed E-state index contributed by atoms with van der Waals surface area (Å²) in [6.07, 6.45) is 1.95. The first-order chi connectivity index (χ1) is 8.07. The topological polar surface area (TPSA) is 87.1 Å². The van der Waals surface area contributed by atoms with Crippen LogP contribution in [0.5, 0.6) is 0 Å². The predicted molar refractivity (Wildman–Crippen MR) is 56.8 cm³/mol. The maximum Gasteiger partial charge on any atom is 0.337 e. The van der Waals surface area contributed by atoms with Gasteiger partial charge in [-0.15, -0.1) is 0 Å². The number of aliphatic hydroxyl groups excluding tert-OH is 1. The Morgan fingerprint density at radius 2 is 2.41 bits per heavy atom. The van der Waals surface area contributed by atoms with Gasteiger partial charge in [-0.1, -0.05) is 13.3 Å². The molecule has 1 amide bonds. The molecule has 0 saturated carbocycles. The third-order valence-electron chi connectivity index (χ3n) is 3.23. The second-order valence-electron chi connectivity index (χ2n) is 4.21. The fourth-order valence-electron chi connectivity index (χ4n) is 2.52. The second kappa shape index (κ2) is 4.03. The number of aliphatic hydroxyl groups is 1. The number of hydrogen-bond acceptors (Lipinski definition) is 4. The Morgan fingerprint density at radius 1 is 1.71 bits per heavy atom. The Hall–Kier alpha value is -1.56. The highest BCUT2D eigenvalue weighted by Crippen LogP contribution is 2.46. The molecule has 2 aliphatic rings. The van der Waals surface area contributed by atoms with Gasteiger partial charge in [0, 0.05) is 0 Å². The molecule has 2 N–H and O–H groups in total. The third kappa shape index (κ3) is 1.44. The normalized spacial score (nSPS) is 33.3. The van der Waals surface area contributed by atoms with Gasteiger partial charge in [0.1, 0.15) is 5.76 Å². The SMILES string of the molecule is CCCC1(C(=O)O)C(=CCO)O[C@@H]2CC(=O)N21. The number of hydrogen-bond donors (Lipinski definition) is 2. The van der Waals surface area contributed by atoms with Gasteiger partial charge in [-0.3, -0.25) is 9.69 Å². The average Bonchev–Trinajstić information content (AvgIpc) is 2.49. The lowest BCUT2D eigenvalue weighted by Crippen LogP contribution is -2.62. The Balaban J connectivity index is 2.45. The molecule has 0 aliphatic carbocycles. The summed E-state index contributed by atoms with van der Waals surface area (Å²) in [5.74, 6) is -1.13. The number of ether oxygens (including phenoxy) is 1. The fourth-order valence-corrected chi connectivity index (χ4v) is 2.52. The number of carboxylic acid groups (broad SMARTS) is 1. The zero-order chi connectivity index (χ0) is 12.6. The molecule has 1 unspecified atom stereocenters. The summed E-state index contributed by atoms with van der Waals surface area (Å²) in [5, 5.41) is 18.4. The van der Waals surface area contributed by atoms with Crippen LogP contribution in [0.4, 0.5) is 0 Å². The highest BCUT2D eigenvalue weighted by atomic mass is 16.5. The van der Waals surface area contributed by atoms with Crippen molar-refractivity contribution in [3.05, 3.63) is 11.8 Å². The smallest absolute Gasteiger partial charge is 0.337 e. The van der Waals surface area contributed by atoms with Crippen LogP contribution in [0.15, 0.2) is 11.8 Å². The Kier molecular flexibility index (Phi) is 2.82. The number of carboxylic acids is 1. The first-order valence-corrected chi connectivity index (χ1v) is 5.61. The van der Waals surface area contributed by atoms with Crippen molar-refractivity contribution in [2.24, 2.45) is 0 Å². The minimum atomic E-state index is -1.42. The van der Waals surface area contributed by atoms with E-state index in [1.54, 1.807) is 0 Å². The van der Waals surface area contributed by atoms with Gasteiger partial charge in [-0.2, -0.15) is 0 Å². The summed E-state index contributed by atoms with van der Waals surface area (Å²) in [5.41, 5.74) is -1.42. The average molecular weight is 241 g/mol. The van der Waals surface area contributed by atoms with Crippen molar-refractivity contribution in [2.75, 3.05) is 6.61 Å². The molecule has 0 bridgehead atoms. The molecule has 0 aromatic carbocycles. The van der Waals surface area contributed by atoms with E-state index in [9.17, 15) is 14.7 Å². The van der Waals surface area contributed by atoms with Gasteiger partial charge >= 0.3 is 5.97 Å². The van der Waals surface area contributed by atoms with E-state index in [1.165, 1.54) is 11.0 Å². The van der Waals surface area contributed by atoms with Gasteiger partial charge < -0.3 is 14.9 Å². The zero-order valence-corrected chi connectivity index (χ0v) is 9.55. The largest absolute Gasteiger partial charge is 0.479 e. The molecule has 2 atom stereocenters. The van der Waals surface area contributed by atoms with Crippen LogP contribution in [0.1, 0.15) is 26.2 Å². The molecule has 0 radical (unpaired) electrons. The first-order valence-electron chi connectivity index (χ1n) is 5.61. The number of amides is 1. The second-order valence-corrected chi connectivity index (χ2v) is 4.21. The number of rotatable bonds is 4. The minimum absolute atomic E-state index is 0.185. The Bertz CT molecular complexity index is 391. The number of aliphatic carboxylic acids is 1. The number of carbonyl (C=O) groups excluding carboxylic acids is 1. The molecule has 0 spiro atoms. The summed E-state index contributed by atoms with van der Waals surface area (Å²) in [6.45, 7) is 1.54. The minimum Gasteiger partial charge on any atom is -0.479 e. The van der Waals surface area contributed by atoms with Gasteiger partial charge in [-0.05, 0) is 12.5 Å². The maximum atomic E-state index is 11.5. The molecule has 2 aliphatic heterocycles. The van der Waals surface area contributed by atoms with Crippen molar-refractivity contribution in [1.29, 1.82) is 0 Å². The maximum absolute atomic E-state index is 11.5. The Labute approximate surface area is 98.5 Å². The van der Waals surface area contributed by atoms with E-state index < -0.39 is 17.7 Å². The van der Waals surface area contributed by atoms with Crippen molar-refractivity contribution >= 4 is 11.9 Å². The molecule has 2 saturated heterocycles. The molecule has 6 nitrogen and oxygen atoms in total. The molecule has 17 heavy (non-hydrogen) atoms. The lowest BCUT2D eigenvalue weighted by Gasteiger charge is -2.40. The number of carbonyl (C=O) groups is 2. The van der Waals surface area contributed by atoms with Crippen LogP contribution in [0.3, 0.4) is 0 Å². The van der Waals surface area contributed by atoms with E-state index >= 15 is 0 Å².